The molecule has 2 fully saturated rings. The van der Waals surface area contributed by atoms with Crippen molar-refractivity contribution < 1.29 is 23.6 Å². The fourth-order valence-electron chi connectivity index (χ4n) is 3.17. The first-order valence-electron chi connectivity index (χ1n) is 8.63. The predicted molar refractivity (Wildman–Crippen MR) is 90.1 cm³/mol. The number of carbonyl (C=O) groups excluding carboxylic acids is 2. The fraction of sp³-hybridized carbons (Fsp3) is 0.529. The number of morpholine rings is 1. The highest BCUT2D eigenvalue weighted by Crippen LogP contribution is 2.21. The fourth-order valence-corrected chi connectivity index (χ4v) is 3.17. The van der Waals surface area contributed by atoms with Crippen LogP contribution in [0, 0.1) is 5.82 Å². The Balaban J connectivity index is 1.41. The van der Waals surface area contributed by atoms with Gasteiger partial charge in [-0.1, -0.05) is 0 Å². The van der Waals surface area contributed by atoms with E-state index in [4.69, 9.17) is 4.74 Å². The first-order chi connectivity index (χ1) is 12.1. The average Bonchev–Trinajstić information content (AvgIpc) is 2.96. The van der Waals surface area contributed by atoms with E-state index >= 15 is 0 Å². The molecule has 2 aliphatic heterocycles. The lowest BCUT2D eigenvalue weighted by atomic mass is 10.2. The van der Waals surface area contributed by atoms with Crippen molar-refractivity contribution in [2.75, 3.05) is 50.8 Å². The molecule has 2 heterocycles. The third-order valence-corrected chi connectivity index (χ3v) is 4.56. The zero-order valence-corrected chi connectivity index (χ0v) is 14.1. The zero-order chi connectivity index (χ0) is 17.6. The molecule has 25 heavy (non-hydrogen) atoms. The third-order valence-electron chi connectivity index (χ3n) is 4.56. The van der Waals surface area contributed by atoms with Crippen molar-refractivity contribution in [2.24, 2.45) is 0 Å². The number of rotatable bonds is 5. The summed E-state index contributed by atoms with van der Waals surface area (Å²) < 4.78 is 18.3. The van der Waals surface area contributed by atoms with Crippen LogP contribution >= 0.6 is 0 Å². The van der Waals surface area contributed by atoms with Crippen LogP contribution in [-0.2, 0) is 9.53 Å². The van der Waals surface area contributed by atoms with E-state index in [1.165, 1.54) is 17.0 Å². The number of nitrogens with one attached hydrogen (secondary N) is 3. The van der Waals surface area contributed by atoms with E-state index in [2.05, 4.69) is 10.6 Å². The number of halogens is 1. The van der Waals surface area contributed by atoms with Gasteiger partial charge in [-0.3, -0.25) is 4.79 Å². The molecule has 136 valence electrons. The van der Waals surface area contributed by atoms with Gasteiger partial charge in [0.15, 0.2) is 0 Å². The lowest BCUT2D eigenvalue weighted by molar-refractivity contribution is -0.906. The van der Waals surface area contributed by atoms with Crippen molar-refractivity contribution in [1.82, 2.24) is 10.6 Å². The molecule has 0 saturated carbocycles. The molecule has 2 aliphatic rings. The summed E-state index contributed by atoms with van der Waals surface area (Å²) in [6.07, 6.45) is 0.250. The monoisotopic (exact) mass is 351 g/mol. The Hall–Kier alpha value is -2.19. The molecule has 3 rings (SSSR count). The van der Waals surface area contributed by atoms with E-state index in [9.17, 15) is 14.0 Å². The van der Waals surface area contributed by atoms with Gasteiger partial charge in [0.25, 0.3) is 0 Å². The molecule has 0 unspecified atom stereocenters. The van der Waals surface area contributed by atoms with Crippen LogP contribution in [0.2, 0.25) is 0 Å². The highest BCUT2D eigenvalue weighted by molar-refractivity contribution is 5.96. The van der Waals surface area contributed by atoms with E-state index in [1.807, 2.05) is 0 Å². The summed E-state index contributed by atoms with van der Waals surface area (Å²) in [4.78, 5) is 27.1. The third kappa shape index (κ3) is 4.90. The molecular weight excluding hydrogens is 327 g/mol. The lowest BCUT2D eigenvalue weighted by Crippen LogP contribution is -3.14. The van der Waals surface area contributed by atoms with E-state index < -0.39 is 0 Å². The molecule has 8 heteroatoms. The van der Waals surface area contributed by atoms with Crippen molar-refractivity contribution in [3.8, 4) is 0 Å². The minimum Gasteiger partial charge on any atom is -0.370 e. The number of hydrogen-bond acceptors (Lipinski definition) is 3. The average molecular weight is 351 g/mol. The normalized spacial score (nSPS) is 21.4. The summed E-state index contributed by atoms with van der Waals surface area (Å²) in [7, 11) is 0. The molecule has 0 aliphatic carbocycles. The molecule has 1 aromatic rings. The van der Waals surface area contributed by atoms with Gasteiger partial charge in [0, 0.05) is 18.7 Å². The van der Waals surface area contributed by atoms with E-state index in [0.29, 0.717) is 18.8 Å². The number of nitrogens with zero attached hydrogens (tertiary/aromatic N) is 1. The number of amides is 3. The summed E-state index contributed by atoms with van der Waals surface area (Å²) in [6.45, 7) is 5.31. The number of anilines is 1. The molecule has 3 amide bonds. The Morgan fingerprint density at radius 2 is 2.00 bits per heavy atom. The van der Waals surface area contributed by atoms with Crippen molar-refractivity contribution in [3.05, 3.63) is 30.1 Å². The standard InChI is InChI=1S/C17H23FN4O3/c18-13-1-3-15(4-2-13)22-12-14(11-16(22)23)20-17(24)19-5-6-21-7-9-25-10-8-21/h1-4,14H,5-12H2,(H2,19,20,24)/p+1/t14-/m0/s1. The molecule has 3 N–H and O–H groups in total. The van der Waals surface area contributed by atoms with Crippen LogP contribution in [0.15, 0.2) is 24.3 Å². The van der Waals surface area contributed by atoms with Gasteiger partial charge in [-0.15, -0.1) is 0 Å². The Bertz CT molecular complexity index is 604. The topological polar surface area (TPSA) is 75.1 Å². The SMILES string of the molecule is O=C(NCC[NH+]1CCOCC1)N[C@H]1CC(=O)N(c2ccc(F)cc2)C1. The van der Waals surface area contributed by atoms with Gasteiger partial charge in [-0.25, -0.2) is 9.18 Å². The highest BCUT2D eigenvalue weighted by atomic mass is 19.1. The van der Waals surface area contributed by atoms with Crippen molar-refractivity contribution in [3.63, 3.8) is 0 Å². The van der Waals surface area contributed by atoms with Crippen molar-refractivity contribution in [2.45, 2.75) is 12.5 Å². The molecule has 2 saturated heterocycles. The second-order valence-corrected chi connectivity index (χ2v) is 6.39. The molecule has 1 atom stereocenters. The van der Waals surface area contributed by atoms with Crippen LogP contribution in [0.25, 0.3) is 0 Å². The summed E-state index contributed by atoms with van der Waals surface area (Å²) >= 11 is 0. The molecule has 0 aromatic heterocycles. The molecular formula is C17H24FN4O3+. The number of benzene rings is 1. The van der Waals surface area contributed by atoms with Crippen LogP contribution in [0.4, 0.5) is 14.9 Å². The van der Waals surface area contributed by atoms with Gasteiger partial charge >= 0.3 is 6.03 Å². The number of carbonyl (C=O) groups is 2. The number of urea groups is 1. The maximum atomic E-state index is 13.0. The first-order valence-corrected chi connectivity index (χ1v) is 8.63. The quantitative estimate of drug-likeness (QED) is 0.647. The van der Waals surface area contributed by atoms with Crippen LogP contribution in [0.3, 0.4) is 0 Å². The van der Waals surface area contributed by atoms with E-state index in [1.54, 1.807) is 17.0 Å². The highest BCUT2D eigenvalue weighted by Gasteiger charge is 2.31. The largest absolute Gasteiger partial charge is 0.370 e. The van der Waals surface area contributed by atoms with E-state index in [-0.39, 0.29) is 30.2 Å². The number of hydrogen-bond donors (Lipinski definition) is 3. The molecule has 0 spiro atoms. The van der Waals surface area contributed by atoms with Crippen molar-refractivity contribution >= 4 is 17.6 Å². The minimum absolute atomic E-state index is 0.0744. The zero-order valence-electron chi connectivity index (χ0n) is 14.1. The Morgan fingerprint density at radius 1 is 1.28 bits per heavy atom. The Morgan fingerprint density at radius 3 is 2.72 bits per heavy atom. The summed E-state index contributed by atoms with van der Waals surface area (Å²) in [6, 6.07) is 5.29. The van der Waals surface area contributed by atoms with Gasteiger partial charge in [0.1, 0.15) is 18.9 Å². The van der Waals surface area contributed by atoms with Crippen LogP contribution in [-0.4, -0.2) is 63.9 Å². The maximum absolute atomic E-state index is 13.0. The Labute approximate surface area is 146 Å². The maximum Gasteiger partial charge on any atom is 0.315 e. The summed E-state index contributed by atoms with van der Waals surface area (Å²) in [5.41, 5.74) is 0.645. The lowest BCUT2D eigenvalue weighted by Gasteiger charge is -2.23. The second-order valence-electron chi connectivity index (χ2n) is 6.39. The Kier molecular flexibility index (Phi) is 5.83. The first kappa shape index (κ1) is 17.6. The smallest absolute Gasteiger partial charge is 0.315 e. The summed E-state index contributed by atoms with van der Waals surface area (Å²) in [5.74, 6) is -0.415. The molecule has 1 aromatic carbocycles. The molecule has 0 radical (unpaired) electrons. The van der Waals surface area contributed by atoms with Crippen molar-refractivity contribution in [1.29, 1.82) is 0 Å². The van der Waals surface area contributed by atoms with Gasteiger partial charge in [0.05, 0.1) is 32.3 Å². The van der Waals surface area contributed by atoms with Crippen LogP contribution in [0.1, 0.15) is 6.42 Å². The minimum atomic E-state index is -0.341. The predicted octanol–water partition coefficient (Wildman–Crippen LogP) is -0.855. The molecule has 7 nitrogen and oxygen atoms in total. The van der Waals surface area contributed by atoms with Gasteiger partial charge in [-0.2, -0.15) is 0 Å². The second kappa shape index (κ2) is 8.26. The number of ether oxygens (including phenoxy) is 1. The van der Waals surface area contributed by atoms with Crippen LogP contribution in [0.5, 0.6) is 0 Å². The van der Waals surface area contributed by atoms with Gasteiger partial charge < -0.3 is 25.2 Å². The van der Waals surface area contributed by atoms with E-state index in [0.717, 1.165) is 32.8 Å². The number of quaternary nitrogens is 1. The van der Waals surface area contributed by atoms with Gasteiger partial charge in [-0.05, 0) is 24.3 Å². The van der Waals surface area contributed by atoms with Gasteiger partial charge in [0.2, 0.25) is 5.91 Å². The molecule has 0 bridgehead atoms. The van der Waals surface area contributed by atoms with Crippen LogP contribution < -0.4 is 20.4 Å². The summed E-state index contributed by atoms with van der Waals surface area (Å²) in [5, 5.41) is 5.68.